The van der Waals surface area contributed by atoms with E-state index in [9.17, 15) is 24.3 Å². The number of aromatic carboxylic acids is 1. The Kier molecular flexibility index (Phi) is 6.79. The van der Waals surface area contributed by atoms with Crippen LogP contribution < -0.4 is 10.6 Å². The maximum absolute atomic E-state index is 13.6. The number of nitrogens with one attached hydrogen (secondary N) is 2. The molecule has 0 bridgehead atoms. The fourth-order valence-electron chi connectivity index (χ4n) is 3.93. The number of rotatable bonds is 6. The van der Waals surface area contributed by atoms with Gasteiger partial charge in [-0.25, -0.2) is 4.79 Å². The van der Waals surface area contributed by atoms with Gasteiger partial charge in [0.15, 0.2) is 0 Å². The van der Waals surface area contributed by atoms with E-state index < -0.39 is 29.7 Å². The minimum absolute atomic E-state index is 0.0156. The SMILES string of the molecule is CC(=O)Nc1cc(CN2C(=O)c3ccc(Cl)cc3NC(=O)C2Cc2ccccn2)ccc1C(=O)O. The van der Waals surface area contributed by atoms with Gasteiger partial charge in [-0.1, -0.05) is 23.7 Å². The van der Waals surface area contributed by atoms with E-state index >= 15 is 0 Å². The molecule has 178 valence electrons. The van der Waals surface area contributed by atoms with Crippen LogP contribution in [0.4, 0.5) is 11.4 Å². The van der Waals surface area contributed by atoms with Crippen molar-refractivity contribution in [3.05, 3.63) is 88.2 Å². The first kappa shape index (κ1) is 23.9. The predicted molar refractivity (Wildman–Crippen MR) is 129 cm³/mol. The number of carbonyl (C=O) groups excluding carboxylic acids is 3. The molecule has 1 unspecified atom stereocenters. The molecule has 9 nitrogen and oxygen atoms in total. The highest BCUT2D eigenvalue weighted by molar-refractivity contribution is 6.31. The zero-order valence-corrected chi connectivity index (χ0v) is 19.4. The monoisotopic (exact) mass is 492 g/mol. The topological polar surface area (TPSA) is 129 Å². The molecule has 0 spiro atoms. The van der Waals surface area contributed by atoms with Crippen molar-refractivity contribution in [1.29, 1.82) is 0 Å². The van der Waals surface area contributed by atoms with E-state index in [0.717, 1.165) is 0 Å². The van der Waals surface area contributed by atoms with Gasteiger partial charge in [-0.3, -0.25) is 19.4 Å². The van der Waals surface area contributed by atoms with Gasteiger partial charge in [0.05, 0.1) is 22.5 Å². The number of aromatic nitrogens is 1. The molecular weight excluding hydrogens is 472 g/mol. The molecule has 35 heavy (non-hydrogen) atoms. The van der Waals surface area contributed by atoms with Crippen molar-refractivity contribution in [1.82, 2.24) is 9.88 Å². The predicted octanol–water partition coefficient (Wildman–Crippen LogP) is 3.60. The molecule has 1 atom stereocenters. The van der Waals surface area contributed by atoms with Crippen LogP contribution >= 0.6 is 11.6 Å². The van der Waals surface area contributed by atoms with Gasteiger partial charge in [0, 0.05) is 36.8 Å². The molecule has 0 aliphatic carbocycles. The lowest BCUT2D eigenvalue weighted by molar-refractivity contribution is -0.120. The molecule has 2 heterocycles. The highest BCUT2D eigenvalue weighted by Crippen LogP contribution is 2.29. The Morgan fingerprint density at radius 3 is 2.63 bits per heavy atom. The van der Waals surface area contributed by atoms with Crippen molar-refractivity contribution in [2.75, 3.05) is 10.6 Å². The lowest BCUT2D eigenvalue weighted by Crippen LogP contribution is -2.46. The standard InChI is InChI=1S/C25H21ClN4O5/c1-14(31)28-20-10-15(5-7-19(20)25(34)35)13-30-22(12-17-4-2-3-9-27-17)23(32)29-21-11-16(26)6-8-18(21)24(30)33/h2-11,22H,12-13H2,1H3,(H,28,31)(H,29,32)(H,34,35). The maximum atomic E-state index is 13.6. The number of halogens is 1. The summed E-state index contributed by atoms with van der Waals surface area (Å²) in [6.45, 7) is 1.25. The number of nitrogens with zero attached hydrogens (tertiary/aromatic N) is 2. The molecule has 1 aromatic heterocycles. The van der Waals surface area contributed by atoms with Crippen LogP contribution in [0, 0.1) is 0 Å². The van der Waals surface area contributed by atoms with Crippen molar-refractivity contribution in [3.8, 4) is 0 Å². The summed E-state index contributed by atoms with van der Waals surface area (Å²) in [7, 11) is 0. The largest absolute Gasteiger partial charge is 0.478 e. The van der Waals surface area contributed by atoms with E-state index in [1.807, 2.05) is 0 Å². The smallest absolute Gasteiger partial charge is 0.337 e. The van der Waals surface area contributed by atoms with E-state index in [1.165, 1.54) is 30.0 Å². The highest BCUT2D eigenvalue weighted by Gasteiger charge is 2.36. The second-order valence-electron chi connectivity index (χ2n) is 8.02. The van der Waals surface area contributed by atoms with Crippen LogP contribution in [0.25, 0.3) is 0 Å². The van der Waals surface area contributed by atoms with Crippen LogP contribution in [0.1, 0.15) is 38.9 Å². The first-order valence-corrected chi connectivity index (χ1v) is 11.1. The summed E-state index contributed by atoms with van der Waals surface area (Å²) < 4.78 is 0. The van der Waals surface area contributed by atoms with Crippen LogP contribution in [-0.2, 0) is 22.6 Å². The molecule has 1 aliphatic rings. The molecule has 0 saturated carbocycles. The number of fused-ring (bicyclic) bond motifs is 1. The summed E-state index contributed by atoms with van der Waals surface area (Å²) in [5, 5.41) is 15.1. The number of amides is 3. The van der Waals surface area contributed by atoms with Gasteiger partial charge < -0.3 is 20.6 Å². The molecule has 10 heteroatoms. The van der Waals surface area contributed by atoms with Crippen molar-refractivity contribution >= 4 is 46.7 Å². The third kappa shape index (κ3) is 5.30. The van der Waals surface area contributed by atoms with Crippen LogP contribution in [0.2, 0.25) is 5.02 Å². The van der Waals surface area contributed by atoms with Gasteiger partial charge in [-0.05, 0) is 48.0 Å². The quantitative estimate of drug-likeness (QED) is 0.482. The molecule has 3 N–H and O–H groups in total. The molecule has 1 aliphatic heterocycles. The number of hydrogen-bond donors (Lipinski definition) is 3. The summed E-state index contributed by atoms with van der Waals surface area (Å²) in [5.74, 6) is -2.45. The van der Waals surface area contributed by atoms with E-state index in [1.54, 1.807) is 42.6 Å². The summed E-state index contributed by atoms with van der Waals surface area (Å²) in [6.07, 6.45) is 1.76. The van der Waals surface area contributed by atoms with Gasteiger partial charge >= 0.3 is 5.97 Å². The van der Waals surface area contributed by atoms with E-state index in [0.29, 0.717) is 22.0 Å². The van der Waals surface area contributed by atoms with Gasteiger partial charge in [0.25, 0.3) is 5.91 Å². The molecule has 0 fully saturated rings. The van der Waals surface area contributed by atoms with Crippen LogP contribution in [0.3, 0.4) is 0 Å². The Hall–Kier alpha value is -4.24. The normalized spacial score (nSPS) is 15.1. The Morgan fingerprint density at radius 1 is 1.14 bits per heavy atom. The summed E-state index contributed by atoms with van der Waals surface area (Å²) in [4.78, 5) is 55.8. The lowest BCUT2D eigenvalue weighted by atomic mass is 10.0. The number of benzene rings is 2. The Balaban J connectivity index is 1.76. The number of carboxylic acids is 1. The Morgan fingerprint density at radius 2 is 1.94 bits per heavy atom. The minimum Gasteiger partial charge on any atom is -0.478 e. The number of hydrogen-bond acceptors (Lipinski definition) is 5. The van der Waals surface area contributed by atoms with E-state index in [2.05, 4.69) is 15.6 Å². The van der Waals surface area contributed by atoms with Crippen molar-refractivity contribution in [2.24, 2.45) is 0 Å². The number of anilines is 2. The van der Waals surface area contributed by atoms with Crippen molar-refractivity contribution in [3.63, 3.8) is 0 Å². The first-order valence-electron chi connectivity index (χ1n) is 10.7. The van der Waals surface area contributed by atoms with E-state index in [-0.39, 0.29) is 29.8 Å². The third-order valence-corrected chi connectivity index (χ3v) is 5.75. The van der Waals surface area contributed by atoms with E-state index in [4.69, 9.17) is 11.6 Å². The summed E-state index contributed by atoms with van der Waals surface area (Å²) in [6, 6.07) is 13.4. The van der Waals surface area contributed by atoms with Gasteiger partial charge in [0.2, 0.25) is 11.8 Å². The average molecular weight is 493 g/mol. The highest BCUT2D eigenvalue weighted by atomic mass is 35.5. The van der Waals surface area contributed by atoms with Gasteiger partial charge in [-0.2, -0.15) is 0 Å². The second kappa shape index (κ2) is 9.94. The van der Waals surface area contributed by atoms with Crippen LogP contribution in [0.15, 0.2) is 60.8 Å². The van der Waals surface area contributed by atoms with Crippen molar-refractivity contribution < 1.29 is 24.3 Å². The molecular formula is C25H21ClN4O5. The van der Waals surface area contributed by atoms with Gasteiger partial charge in [0.1, 0.15) is 6.04 Å². The lowest BCUT2D eigenvalue weighted by Gasteiger charge is -2.29. The fraction of sp³-hybridized carbons (Fsp3) is 0.160. The number of pyridine rings is 1. The van der Waals surface area contributed by atoms with Crippen LogP contribution in [-0.4, -0.2) is 44.7 Å². The second-order valence-corrected chi connectivity index (χ2v) is 8.46. The Bertz CT molecular complexity index is 1330. The zero-order valence-electron chi connectivity index (χ0n) is 18.6. The molecule has 3 aromatic rings. The number of carbonyl (C=O) groups is 4. The van der Waals surface area contributed by atoms with Crippen molar-refractivity contribution in [2.45, 2.75) is 25.9 Å². The summed E-state index contributed by atoms with van der Waals surface area (Å²) in [5.41, 5.74) is 1.74. The van der Waals surface area contributed by atoms with Gasteiger partial charge in [-0.15, -0.1) is 0 Å². The minimum atomic E-state index is -1.20. The first-order chi connectivity index (χ1) is 16.7. The summed E-state index contributed by atoms with van der Waals surface area (Å²) >= 11 is 6.09. The molecule has 0 radical (unpaired) electrons. The molecule has 0 saturated heterocycles. The molecule has 4 rings (SSSR count). The number of carboxylic acid groups (broad SMARTS) is 1. The maximum Gasteiger partial charge on any atom is 0.337 e. The molecule has 2 aromatic carbocycles. The van der Waals surface area contributed by atoms with Crippen LogP contribution in [0.5, 0.6) is 0 Å². The molecule has 3 amide bonds. The fourth-order valence-corrected chi connectivity index (χ4v) is 4.10. The average Bonchev–Trinajstić information content (AvgIpc) is 2.89. The zero-order chi connectivity index (χ0) is 25.1. The Labute approximate surface area is 205 Å². The third-order valence-electron chi connectivity index (χ3n) is 5.52.